The summed E-state index contributed by atoms with van der Waals surface area (Å²) < 4.78 is 5.41. The number of halogens is 1. The summed E-state index contributed by atoms with van der Waals surface area (Å²) in [5, 5.41) is 0.213. The fraction of sp³-hybridized carbons (Fsp3) is 0.0417. The van der Waals surface area contributed by atoms with Crippen molar-refractivity contribution >= 4 is 46.6 Å². The van der Waals surface area contributed by atoms with Crippen LogP contribution < -0.4 is 4.74 Å². The van der Waals surface area contributed by atoms with Crippen molar-refractivity contribution in [2.24, 2.45) is 0 Å². The molecule has 1 saturated heterocycles. The number of carbonyl (C=O) groups excluding carboxylic acids is 3. The number of imide groups is 1. The van der Waals surface area contributed by atoms with E-state index in [1.807, 2.05) is 30.3 Å². The van der Waals surface area contributed by atoms with E-state index < -0.39 is 5.97 Å². The van der Waals surface area contributed by atoms with Gasteiger partial charge in [0.2, 0.25) is 0 Å². The van der Waals surface area contributed by atoms with Crippen LogP contribution in [-0.4, -0.2) is 22.0 Å². The van der Waals surface area contributed by atoms with E-state index in [0.717, 1.165) is 17.3 Å². The minimum absolute atomic E-state index is 0.224. The van der Waals surface area contributed by atoms with Crippen LogP contribution in [0.3, 0.4) is 0 Å². The Hall–Kier alpha value is -3.35. The monoisotopic (exact) mass is 449 g/mol. The van der Waals surface area contributed by atoms with Gasteiger partial charge in [-0.2, -0.15) is 0 Å². The van der Waals surface area contributed by atoms with Crippen molar-refractivity contribution in [1.29, 1.82) is 0 Å². The highest BCUT2D eigenvalue weighted by Crippen LogP contribution is 2.33. The van der Waals surface area contributed by atoms with Crippen LogP contribution in [0.5, 0.6) is 5.75 Å². The van der Waals surface area contributed by atoms with Crippen molar-refractivity contribution in [3.8, 4) is 5.75 Å². The SMILES string of the molecule is O=C(Oc1cccc(/C=C2\SC(=O)N(Cc3ccccc3)C2=O)c1)c1ccc(Cl)cc1. The number of ether oxygens (including phenoxy) is 1. The second kappa shape index (κ2) is 9.20. The molecule has 0 aromatic heterocycles. The Morgan fingerprint density at radius 1 is 0.968 bits per heavy atom. The van der Waals surface area contributed by atoms with E-state index in [4.69, 9.17) is 16.3 Å². The number of nitrogens with zero attached hydrogens (tertiary/aromatic N) is 1. The van der Waals surface area contributed by atoms with Gasteiger partial charge in [0.1, 0.15) is 5.75 Å². The first-order chi connectivity index (χ1) is 15.0. The third kappa shape index (κ3) is 5.05. The van der Waals surface area contributed by atoms with Crippen molar-refractivity contribution in [2.75, 3.05) is 0 Å². The molecule has 0 bridgehead atoms. The number of hydrogen-bond donors (Lipinski definition) is 0. The van der Waals surface area contributed by atoms with Gasteiger partial charge in [-0.3, -0.25) is 14.5 Å². The second-order valence-corrected chi connectivity index (χ2v) is 8.15. The minimum atomic E-state index is -0.517. The molecule has 1 aliphatic heterocycles. The Morgan fingerprint density at radius 2 is 1.71 bits per heavy atom. The molecule has 154 valence electrons. The van der Waals surface area contributed by atoms with Gasteiger partial charge in [-0.25, -0.2) is 4.79 Å². The van der Waals surface area contributed by atoms with Gasteiger partial charge in [0.15, 0.2) is 0 Å². The van der Waals surface area contributed by atoms with Gasteiger partial charge < -0.3 is 4.74 Å². The number of benzene rings is 3. The maximum Gasteiger partial charge on any atom is 0.343 e. The first-order valence-electron chi connectivity index (χ1n) is 9.37. The van der Waals surface area contributed by atoms with E-state index >= 15 is 0 Å². The molecule has 1 fully saturated rings. The Balaban J connectivity index is 1.49. The standard InChI is InChI=1S/C24H16ClNO4S/c25-19-11-9-18(10-12-19)23(28)30-20-8-4-7-17(13-20)14-21-22(27)26(24(29)31-21)15-16-5-2-1-3-6-16/h1-14H,15H2/b21-14-. The zero-order chi connectivity index (χ0) is 21.8. The fourth-order valence-corrected chi connectivity index (χ4v) is 3.94. The summed E-state index contributed by atoms with van der Waals surface area (Å²) in [6.07, 6.45) is 1.62. The second-order valence-electron chi connectivity index (χ2n) is 6.72. The average molecular weight is 450 g/mol. The van der Waals surface area contributed by atoms with Crippen molar-refractivity contribution in [3.63, 3.8) is 0 Å². The number of amides is 2. The molecule has 0 aliphatic carbocycles. The summed E-state index contributed by atoms with van der Waals surface area (Å²) in [4.78, 5) is 38.9. The summed E-state index contributed by atoms with van der Waals surface area (Å²) in [5.41, 5.74) is 1.89. The van der Waals surface area contributed by atoms with Crippen molar-refractivity contribution in [1.82, 2.24) is 4.90 Å². The van der Waals surface area contributed by atoms with Crippen LogP contribution in [0.4, 0.5) is 4.79 Å². The van der Waals surface area contributed by atoms with E-state index in [1.54, 1.807) is 54.6 Å². The van der Waals surface area contributed by atoms with Gasteiger partial charge in [0, 0.05) is 5.02 Å². The van der Waals surface area contributed by atoms with Gasteiger partial charge in [-0.05, 0) is 65.4 Å². The Bertz CT molecular complexity index is 1180. The van der Waals surface area contributed by atoms with E-state index in [0.29, 0.717) is 26.8 Å². The maximum atomic E-state index is 12.7. The smallest absolute Gasteiger partial charge is 0.343 e. The zero-order valence-corrected chi connectivity index (χ0v) is 17.7. The van der Waals surface area contributed by atoms with Crippen LogP contribution in [-0.2, 0) is 11.3 Å². The van der Waals surface area contributed by atoms with Crippen LogP contribution in [0.25, 0.3) is 6.08 Å². The largest absolute Gasteiger partial charge is 0.423 e. The van der Waals surface area contributed by atoms with Crippen molar-refractivity contribution in [3.05, 3.63) is 105 Å². The van der Waals surface area contributed by atoms with E-state index in [1.165, 1.54) is 4.90 Å². The Labute approximate surface area is 188 Å². The highest BCUT2D eigenvalue weighted by molar-refractivity contribution is 8.18. The first-order valence-corrected chi connectivity index (χ1v) is 10.6. The van der Waals surface area contributed by atoms with Crippen LogP contribution in [0.2, 0.25) is 5.02 Å². The number of carbonyl (C=O) groups is 3. The molecular weight excluding hydrogens is 434 g/mol. The molecule has 2 amide bonds. The third-order valence-corrected chi connectivity index (χ3v) is 5.66. The number of rotatable bonds is 5. The molecular formula is C24H16ClNO4S. The molecule has 0 spiro atoms. The molecule has 1 heterocycles. The van der Waals surface area contributed by atoms with Gasteiger partial charge in [-0.15, -0.1) is 0 Å². The summed E-state index contributed by atoms with van der Waals surface area (Å²) in [6, 6.07) is 22.5. The maximum absolute atomic E-state index is 12.7. The predicted octanol–water partition coefficient (Wildman–Crippen LogP) is 5.80. The first kappa shape index (κ1) is 20.9. The third-order valence-electron chi connectivity index (χ3n) is 4.50. The van der Waals surface area contributed by atoms with E-state index in [9.17, 15) is 14.4 Å². The lowest BCUT2D eigenvalue weighted by molar-refractivity contribution is -0.123. The fourth-order valence-electron chi connectivity index (χ4n) is 2.97. The average Bonchev–Trinajstić information content (AvgIpc) is 3.02. The molecule has 3 aromatic rings. The van der Waals surface area contributed by atoms with Crippen LogP contribution in [0, 0.1) is 0 Å². The van der Waals surface area contributed by atoms with Crippen molar-refractivity contribution in [2.45, 2.75) is 6.54 Å². The summed E-state index contributed by atoms with van der Waals surface area (Å²) in [7, 11) is 0. The normalized spacial score (nSPS) is 14.9. The Morgan fingerprint density at radius 3 is 2.45 bits per heavy atom. The molecule has 1 aliphatic rings. The molecule has 0 unspecified atom stereocenters. The highest BCUT2D eigenvalue weighted by atomic mass is 35.5. The number of hydrogen-bond acceptors (Lipinski definition) is 5. The molecule has 4 rings (SSSR count). The molecule has 0 N–H and O–H groups in total. The zero-order valence-electron chi connectivity index (χ0n) is 16.2. The van der Waals surface area contributed by atoms with Crippen LogP contribution in [0.15, 0.2) is 83.8 Å². The lowest BCUT2D eigenvalue weighted by Crippen LogP contribution is -2.27. The van der Waals surface area contributed by atoms with Gasteiger partial charge in [0.25, 0.3) is 11.1 Å². The molecule has 0 saturated carbocycles. The molecule has 31 heavy (non-hydrogen) atoms. The predicted molar refractivity (Wildman–Crippen MR) is 121 cm³/mol. The molecule has 7 heteroatoms. The van der Waals surface area contributed by atoms with Crippen LogP contribution in [0.1, 0.15) is 21.5 Å². The quantitative estimate of drug-likeness (QED) is 0.280. The van der Waals surface area contributed by atoms with Gasteiger partial charge >= 0.3 is 5.97 Å². The summed E-state index contributed by atoms with van der Waals surface area (Å²) in [5.74, 6) is -0.531. The lowest BCUT2D eigenvalue weighted by Gasteiger charge is -2.12. The summed E-state index contributed by atoms with van der Waals surface area (Å²) in [6.45, 7) is 0.224. The molecule has 0 radical (unpaired) electrons. The Kier molecular flexibility index (Phi) is 6.21. The van der Waals surface area contributed by atoms with E-state index in [-0.39, 0.29) is 17.7 Å². The highest BCUT2D eigenvalue weighted by Gasteiger charge is 2.34. The lowest BCUT2D eigenvalue weighted by atomic mass is 10.2. The van der Waals surface area contributed by atoms with Gasteiger partial charge in [0.05, 0.1) is 17.0 Å². The minimum Gasteiger partial charge on any atom is -0.423 e. The summed E-state index contributed by atoms with van der Waals surface area (Å²) >= 11 is 6.73. The number of thioether (sulfide) groups is 1. The van der Waals surface area contributed by atoms with Crippen LogP contribution >= 0.6 is 23.4 Å². The molecule has 5 nitrogen and oxygen atoms in total. The van der Waals surface area contributed by atoms with E-state index in [2.05, 4.69) is 0 Å². The van der Waals surface area contributed by atoms with Crippen molar-refractivity contribution < 1.29 is 19.1 Å². The number of esters is 1. The molecule has 3 aromatic carbocycles. The molecule has 0 atom stereocenters. The topological polar surface area (TPSA) is 63.7 Å². The van der Waals surface area contributed by atoms with Gasteiger partial charge in [-0.1, -0.05) is 54.1 Å².